The average molecular weight is 554 g/mol. The van der Waals surface area contributed by atoms with E-state index in [2.05, 4.69) is 0 Å². The van der Waals surface area contributed by atoms with Crippen LogP contribution < -0.4 is 0 Å². The number of ketones is 2. The number of imide groups is 1. The van der Waals surface area contributed by atoms with Crippen molar-refractivity contribution >= 4 is 40.1 Å². The Hall–Kier alpha value is -4.33. The highest BCUT2D eigenvalue weighted by molar-refractivity contribution is 6.24. The fourth-order valence-corrected chi connectivity index (χ4v) is 7.25. The fraction of sp³-hybridized carbons (Fsp3) is 0.364. The zero-order valence-corrected chi connectivity index (χ0v) is 22.8. The maximum atomic E-state index is 13.8. The van der Waals surface area contributed by atoms with E-state index in [9.17, 15) is 29.1 Å². The van der Waals surface area contributed by atoms with Crippen molar-refractivity contribution in [1.29, 1.82) is 0 Å². The molecule has 2 N–H and O–H groups in total. The van der Waals surface area contributed by atoms with Crippen molar-refractivity contribution in [2.24, 2.45) is 17.8 Å². The Morgan fingerprint density at radius 1 is 0.976 bits per heavy atom. The van der Waals surface area contributed by atoms with Gasteiger partial charge in [-0.25, -0.2) is 0 Å². The standard InChI is InChI=1S/C33H31NO7/c1-17-15-25(35)29-24(30(17)38)16-23-20(27(29)21-11-10-18-7-4-5-8-19(18)31(21)39)12-13-22-28(23)33(41)34(32(22)40)14-6-2-3-9-26(36)37/h4-5,7-8,10-12,15,22-23,27-28,39H,2-3,6,9,13-14,16H2,1H3,(H,36,37). The lowest BCUT2D eigenvalue weighted by atomic mass is 9.59. The van der Waals surface area contributed by atoms with Gasteiger partial charge < -0.3 is 10.2 Å². The number of phenols is 1. The number of benzene rings is 2. The lowest BCUT2D eigenvalue weighted by Crippen LogP contribution is -2.39. The first-order chi connectivity index (χ1) is 19.7. The van der Waals surface area contributed by atoms with Crippen molar-refractivity contribution < 1.29 is 34.2 Å². The molecule has 1 fully saturated rings. The number of likely N-dealkylation sites (tertiary alicyclic amines) is 1. The van der Waals surface area contributed by atoms with Crippen molar-refractivity contribution in [2.45, 2.75) is 51.4 Å². The van der Waals surface area contributed by atoms with Crippen LogP contribution in [-0.4, -0.2) is 51.0 Å². The number of carboxylic acid groups (broad SMARTS) is 1. The van der Waals surface area contributed by atoms with E-state index >= 15 is 0 Å². The number of rotatable bonds is 7. The molecule has 1 heterocycles. The van der Waals surface area contributed by atoms with Gasteiger partial charge in [0.25, 0.3) is 0 Å². The Morgan fingerprint density at radius 3 is 2.54 bits per heavy atom. The van der Waals surface area contributed by atoms with Gasteiger partial charge in [0, 0.05) is 46.6 Å². The number of phenolic OH excluding ortho intramolecular Hbond substituents is 1. The monoisotopic (exact) mass is 553 g/mol. The van der Waals surface area contributed by atoms with Gasteiger partial charge in [0.15, 0.2) is 11.6 Å². The van der Waals surface area contributed by atoms with E-state index in [-0.39, 0.29) is 48.5 Å². The van der Waals surface area contributed by atoms with Gasteiger partial charge in [0.1, 0.15) is 5.75 Å². The van der Waals surface area contributed by atoms with Crippen molar-refractivity contribution in [3.63, 3.8) is 0 Å². The predicted octanol–water partition coefficient (Wildman–Crippen LogP) is 4.62. The summed E-state index contributed by atoms with van der Waals surface area (Å²) in [5.41, 5.74) is 2.36. The smallest absolute Gasteiger partial charge is 0.303 e. The minimum Gasteiger partial charge on any atom is -0.507 e. The van der Waals surface area contributed by atoms with Crippen LogP contribution in [0.15, 0.2) is 70.8 Å². The molecule has 0 spiro atoms. The number of hydrogen-bond acceptors (Lipinski definition) is 6. The number of Topliss-reactive ketones (excluding diaryl/α,β-unsaturated/α-hetero) is 1. The van der Waals surface area contributed by atoms with Gasteiger partial charge >= 0.3 is 5.97 Å². The molecule has 1 aliphatic heterocycles. The highest BCUT2D eigenvalue weighted by Crippen LogP contribution is 2.56. The van der Waals surface area contributed by atoms with Crippen LogP contribution in [0.25, 0.3) is 10.8 Å². The molecule has 2 aromatic rings. The summed E-state index contributed by atoms with van der Waals surface area (Å²) in [6, 6.07) is 11.1. The summed E-state index contributed by atoms with van der Waals surface area (Å²) < 4.78 is 0. The number of nitrogens with zero attached hydrogens (tertiary/aromatic N) is 1. The molecule has 4 aliphatic rings. The van der Waals surface area contributed by atoms with Crippen molar-refractivity contribution in [3.8, 4) is 5.75 Å². The lowest BCUT2D eigenvalue weighted by Gasteiger charge is -2.42. The van der Waals surface area contributed by atoms with Gasteiger partial charge in [-0.1, -0.05) is 54.5 Å². The Balaban J connectivity index is 1.39. The van der Waals surface area contributed by atoms with Gasteiger partial charge in [0.05, 0.1) is 11.8 Å². The Bertz CT molecular complexity index is 1630. The zero-order chi connectivity index (χ0) is 29.0. The van der Waals surface area contributed by atoms with Crippen LogP contribution in [0.2, 0.25) is 0 Å². The molecule has 3 aliphatic carbocycles. The number of aromatic hydroxyl groups is 1. The van der Waals surface area contributed by atoms with Crippen LogP contribution in [0.1, 0.15) is 56.9 Å². The second kappa shape index (κ2) is 10.3. The lowest BCUT2D eigenvalue weighted by molar-refractivity contribution is -0.141. The van der Waals surface area contributed by atoms with Gasteiger partial charge in [-0.2, -0.15) is 0 Å². The molecule has 8 nitrogen and oxygen atoms in total. The SMILES string of the molecule is CC1=CC(=O)C2=C(CC3C(=CCC4C(=O)N(CCCCCC(=O)O)C(=O)C43)C2c2ccc3ccccc3c2O)C1=O. The number of allylic oxidation sites excluding steroid dienone is 6. The number of unbranched alkanes of at least 4 members (excludes halogenated alkanes) is 2. The first-order valence-electron chi connectivity index (χ1n) is 14.2. The Morgan fingerprint density at radius 2 is 1.76 bits per heavy atom. The molecule has 0 radical (unpaired) electrons. The highest BCUT2D eigenvalue weighted by Gasteiger charge is 2.56. The van der Waals surface area contributed by atoms with E-state index in [1.807, 2.05) is 30.3 Å². The van der Waals surface area contributed by atoms with Crippen LogP contribution in [-0.2, 0) is 24.0 Å². The van der Waals surface area contributed by atoms with E-state index in [0.717, 1.165) is 11.0 Å². The third-order valence-electron chi connectivity index (χ3n) is 9.17. The van der Waals surface area contributed by atoms with Crippen LogP contribution in [0.5, 0.6) is 5.75 Å². The van der Waals surface area contributed by atoms with Crippen LogP contribution >= 0.6 is 0 Å². The summed E-state index contributed by atoms with van der Waals surface area (Å²) in [4.78, 5) is 66.2. The topological polar surface area (TPSA) is 129 Å². The molecule has 2 amide bonds. The predicted molar refractivity (Wildman–Crippen MR) is 150 cm³/mol. The molecule has 1 saturated heterocycles. The van der Waals surface area contributed by atoms with E-state index in [4.69, 9.17) is 5.11 Å². The van der Waals surface area contributed by atoms with Gasteiger partial charge in [-0.3, -0.25) is 28.9 Å². The number of aliphatic carboxylic acids is 1. The molecular weight excluding hydrogens is 522 g/mol. The zero-order valence-electron chi connectivity index (χ0n) is 22.8. The number of carbonyl (C=O) groups is 5. The summed E-state index contributed by atoms with van der Waals surface area (Å²) in [6.45, 7) is 1.84. The summed E-state index contributed by atoms with van der Waals surface area (Å²) in [5, 5.41) is 21.8. The first kappa shape index (κ1) is 26.9. The summed E-state index contributed by atoms with van der Waals surface area (Å²) >= 11 is 0. The molecule has 0 bridgehead atoms. The third kappa shape index (κ3) is 4.33. The second-order valence-corrected chi connectivity index (χ2v) is 11.5. The molecule has 210 valence electrons. The number of fused-ring (bicyclic) bond motifs is 4. The van der Waals surface area contributed by atoms with Gasteiger partial charge in [-0.15, -0.1) is 0 Å². The van der Waals surface area contributed by atoms with E-state index in [1.54, 1.807) is 19.1 Å². The first-order valence-corrected chi connectivity index (χ1v) is 14.2. The normalized spacial score (nSPS) is 25.6. The molecule has 0 saturated carbocycles. The molecule has 6 rings (SSSR count). The number of carboxylic acids is 1. The van der Waals surface area contributed by atoms with E-state index in [0.29, 0.717) is 53.4 Å². The van der Waals surface area contributed by atoms with Crippen molar-refractivity contribution in [3.05, 3.63) is 76.4 Å². The van der Waals surface area contributed by atoms with E-state index < -0.39 is 29.6 Å². The van der Waals surface area contributed by atoms with Crippen LogP contribution in [0.4, 0.5) is 0 Å². The number of carbonyl (C=O) groups excluding carboxylic acids is 4. The molecule has 0 aromatic heterocycles. The summed E-state index contributed by atoms with van der Waals surface area (Å²) in [7, 11) is 0. The van der Waals surface area contributed by atoms with Crippen LogP contribution in [0.3, 0.4) is 0 Å². The molecule has 2 aromatic carbocycles. The summed E-state index contributed by atoms with van der Waals surface area (Å²) in [5.74, 6) is -4.23. The number of amides is 2. The largest absolute Gasteiger partial charge is 0.507 e. The summed E-state index contributed by atoms with van der Waals surface area (Å²) in [6.07, 6.45) is 5.46. The Kier molecular flexibility index (Phi) is 6.72. The van der Waals surface area contributed by atoms with Gasteiger partial charge in [-0.05, 0) is 50.0 Å². The fourth-order valence-electron chi connectivity index (χ4n) is 7.25. The maximum Gasteiger partial charge on any atom is 0.303 e. The molecular formula is C33H31NO7. The van der Waals surface area contributed by atoms with Crippen molar-refractivity contribution in [1.82, 2.24) is 4.90 Å². The third-order valence-corrected chi connectivity index (χ3v) is 9.17. The Labute approximate surface area is 237 Å². The molecule has 8 heteroatoms. The maximum absolute atomic E-state index is 13.8. The van der Waals surface area contributed by atoms with Gasteiger partial charge in [0.2, 0.25) is 11.8 Å². The molecule has 41 heavy (non-hydrogen) atoms. The minimum absolute atomic E-state index is 0.0342. The highest BCUT2D eigenvalue weighted by atomic mass is 16.4. The average Bonchev–Trinajstić information content (AvgIpc) is 3.20. The van der Waals surface area contributed by atoms with Crippen LogP contribution in [0, 0.1) is 17.8 Å². The molecule has 4 atom stereocenters. The van der Waals surface area contributed by atoms with E-state index in [1.165, 1.54) is 11.0 Å². The minimum atomic E-state index is -0.873. The second-order valence-electron chi connectivity index (χ2n) is 11.5. The van der Waals surface area contributed by atoms with Crippen molar-refractivity contribution in [2.75, 3.05) is 6.54 Å². The molecule has 4 unspecified atom stereocenters. The quantitative estimate of drug-likeness (QED) is 0.222. The number of hydrogen-bond donors (Lipinski definition) is 2.